The van der Waals surface area contributed by atoms with Crippen molar-refractivity contribution in [1.82, 2.24) is 4.98 Å². The van der Waals surface area contributed by atoms with Gasteiger partial charge in [-0.25, -0.2) is 22.2 Å². The van der Waals surface area contributed by atoms with E-state index in [1.165, 1.54) is 18.3 Å². The third kappa shape index (κ3) is 5.27. The molecule has 0 bridgehead atoms. The highest BCUT2D eigenvalue weighted by molar-refractivity contribution is 7.92. The molecule has 0 saturated carbocycles. The molecule has 152 valence electrons. The van der Waals surface area contributed by atoms with Gasteiger partial charge in [-0.1, -0.05) is 24.3 Å². The summed E-state index contributed by atoms with van der Waals surface area (Å²) < 4.78 is 58.4. The van der Waals surface area contributed by atoms with Crippen molar-refractivity contribution < 1.29 is 21.9 Å². The lowest BCUT2D eigenvalue weighted by atomic mass is 10.1. The van der Waals surface area contributed by atoms with Crippen LogP contribution in [0.1, 0.15) is 11.1 Å². The number of ether oxygens (including phenoxy) is 1. The molecular weight excluding hydrogens is 400 g/mol. The Bertz CT molecular complexity index is 1090. The van der Waals surface area contributed by atoms with Gasteiger partial charge in [0.05, 0.1) is 12.3 Å². The first kappa shape index (κ1) is 20.7. The standard InChI is InChI=1S/C20H19F2N3O3S/c1-28-13-15-5-3-2-4-14(15)11-23-20-9-7-17(12-24-20)29(26,27)25-16-6-8-18(21)19(22)10-16/h2-10,12,25H,11,13H2,1H3,(H,23,24). The van der Waals surface area contributed by atoms with Gasteiger partial charge in [-0.3, -0.25) is 4.72 Å². The van der Waals surface area contributed by atoms with Gasteiger partial charge >= 0.3 is 0 Å². The Hall–Kier alpha value is -3.04. The van der Waals surface area contributed by atoms with Gasteiger partial charge in [-0.15, -0.1) is 0 Å². The molecule has 0 unspecified atom stereocenters. The summed E-state index contributed by atoms with van der Waals surface area (Å²) in [5.41, 5.74) is 1.99. The van der Waals surface area contributed by atoms with Crippen LogP contribution >= 0.6 is 0 Å². The monoisotopic (exact) mass is 419 g/mol. The number of pyridine rings is 1. The number of hydrogen-bond acceptors (Lipinski definition) is 5. The fourth-order valence-electron chi connectivity index (χ4n) is 2.63. The predicted molar refractivity (Wildman–Crippen MR) is 106 cm³/mol. The Balaban J connectivity index is 1.68. The van der Waals surface area contributed by atoms with Crippen LogP contribution in [0.15, 0.2) is 65.7 Å². The largest absolute Gasteiger partial charge is 0.380 e. The number of aromatic nitrogens is 1. The Morgan fingerprint density at radius 2 is 1.76 bits per heavy atom. The Kier molecular flexibility index (Phi) is 6.40. The predicted octanol–water partition coefficient (Wildman–Crippen LogP) is 3.92. The minimum Gasteiger partial charge on any atom is -0.380 e. The van der Waals surface area contributed by atoms with E-state index in [0.717, 1.165) is 29.3 Å². The second kappa shape index (κ2) is 8.97. The maximum absolute atomic E-state index is 13.3. The molecule has 1 heterocycles. The van der Waals surface area contributed by atoms with E-state index in [4.69, 9.17) is 4.74 Å². The molecule has 2 aromatic carbocycles. The van der Waals surface area contributed by atoms with E-state index in [9.17, 15) is 17.2 Å². The van der Waals surface area contributed by atoms with Crippen LogP contribution in [0.2, 0.25) is 0 Å². The van der Waals surface area contributed by atoms with Crippen molar-refractivity contribution in [1.29, 1.82) is 0 Å². The molecule has 0 saturated heterocycles. The van der Waals surface area contributed by atoms with Gasteiger partial charge in [0, 0.05) is 25.9 Å². The van der Waals surface area contributed by atoms with E-state index in [1.54, 1.807) is 7.11 Å². The summed E-state index contributed by atoms with van der Waals surface area (Å²) in [4.78, 5) is 4.01. The third-order valence-electron chi connectivity index (χ3n) is 4.10. The molecule has 0 amide bonds. The van der Waals surface area contributed by atoms with Crippen LogP contribution in [0.5, 0.6) is 0 Å². The number of halogens is 2. The van der Waals surface area contributed by atoms with E-state index in [0.29, 0.717) is 19.0 Å². The topological polar surface area (TPSA) is 80.3 Å². The second-order valence-corrected chi connectivity index (χ2v) is 7.85. The summed E-state index contributed by atoms with van der Waals surface area (Å²) in [6, 6.07) is 13.4. The van der Waals surface area contributed by atoms with E-state index >= 15 is 0 Å². The fourth-order valence-corrected chi connectivity index (χ4v) is 3.62. The van der Waals surface area contributed by atoms with Gasteiger partial charge in [0.1, 0.15) is 10.7 Å². The van der Waals surface area contributed by atoms with Crippen LogP contribution in [0.25, 0.3) is 0 Å². The molecular formula is C20H19F2N3O3S. The molecule has 3 aromatic rings. The first-order valence-corrected chi connectivity index (χ1v) is 10.1. The number of sulfonamides is 1. The number of benzene rings is 2. The van der Waals surface area contributed by atoms with Gasteiger partial charge in [0.25, 0.3) is 10.0 Å². The highest BCUT2D eigenvalue weighted by Gasteiger charge is 2.16. The minimum atomic E-state index is -3.99. The molecule has 2 N–H and O–H groups in total. The normalized spacial score (nSPS) is 11.3. The van der Waals surface area contributed by atoms with Gasteiger partial charge in [-0.2, -0.15) is 0 Å². The molecule has 6 nitrogen and oxygen atoms in total. The van der Waals surface area contributed by atoms with Crippen LogP contribution < -0.4 is 10.0 Å². The van der Waals surface area contributed by atoms with Gasteiger partial charge in [-0.05, 0) is 35.4 Å². The highest BCUT2D eigenvalue weighted by Crippen LogP contribution is 2.19. The van der Waals surface area contributed by atoms with Crippen LogP contribution in [-0.2, 0) is 27.9 Å². The van der Waals surface area contributed by atoms with Crippen molar-refractivity contribution in [3.8, 4) is 0 Å². The summed E-state index contributed by atoms with van der Waals surface area (Å²) in [7, 11) is -2.36. The zero-order chi connectivity index (χ0) is 20.9. The van der Waals surface area contributed by atoms with Crippen molar-refractivity contribution in [3.05, 3.63) is 83.6 Å². The van der Waals surface area contributed by atoms with E-state index in [-0.39, 0.29) is 10.6 Å². The molecule has 0 spiro atoms. The molecule has 0 aliphatic carbocycles. The van der Waals surface area contributed by atoms with E-state index in [1.807, 2.05) is 24.3 Å². The van der Waals surface area contributed by atoms with Crippen LogP contribution in [-0.4, -0.2) is 20.5 Å². The Morgan fingerprint density at radius 3 is 2.41 bits per heavy atom. The van der Waals surface area contributed by atoms with Crippen LogP contribution in [0.4, 0.5) is 20.3 Å². The molecule has 0 fully saturated rings. The maximum atomic E-state index is 13.3. The number of nitrogens with zero attached hydrogens (tertiary/aromatic N) is 1. The van der Waals surface area contributed by atoms with Crippen molar-refractivity contribution in [2.45, 2.75) is 18.0 Å². The number of hydrogen-bond donors (Lipinski definition) is 2. The SMILES string of the molecule is COCc1ccccc1CNc1ccc(S(=O)(=O)Nc2ccc(F)c(F)c2)cn1. The van der Waals surface area contributed by atoms with Gasteiger partial charge in [0.2, 0.25) is 0 Å². The highest BCUT2D eigenvalue weighted by atomic mass is 32.2. The van der Waals surface area contributed by atoms with Gasteiger partial charge < -0.3 is 10.1 Å². The first-order valence-electron chi connectivity index (χ1n) is 8.62. The van der Waals surface area contributed by atoms with E-state index < -0.39 is 21.7 Å². The summed E-state index contributed by atoms with van der Waals surface area (Å²) in [5, 5.41) is 3.13. The van der Waals surface area contributed by atoms with E-state index in [2.05, 4.69) is 15.0 Å². The van der Waals surface area contributed by atoms with Crippen molar-refractivity contribution in [2.24, 2.45) is 0 Å². The summed E-state index contributed by atoms with van der Waals surface area (Å²) >= 11 is 0. The third-order valence-corrected chi connectivity index (χ3v) is 5.46. The number of rotatable bonds is 8. The van der Waals surface area contributed by atoms with Crippen molar-refractivity contribution >= 4 is 21.5 Å². The number of nitrogens with one attached hydrogen (secondary N) is 2. The lowest BCUT2D eigenvalue weighted by Crippen LogP contribution is -2.14. The van der Waals surface area contributed by atoms with Crippen LogP contribution in [0.3, 0.4) is 0 Å². The summed E-state index contributed by atoms with van der Waals surface area (Å²) in [5.74, 6) is -1.71. The van der Waals surface area contributed by atoms with Crippen molar-refractivity contribution in [3.63, 3.8) is 0 Å². The molecule has 1 aromatic heterocycles. The molecule has 0 radical (unpaired) electrons. The summed E-state index contributed by atoms with van der Waals surface area (Å²) in [6.07, 6.45) is 1.19. The van der Waals surface area contributed by atoms with Crippen LogP contribution in [0, 0.1) is 11.6 Å². The average Bonchev–Trinajstić information content (AvgIpc) is 2.70. The molecule has 9 heteroatoms. The Labute approximate surface area is 167 Å². The molecule has 29 heavy (non-hydrogen) atoms. The zero-order valence-corrected chi connectivity index (χ0v) is 16.3. The summed E-state index contributed by atoms with van der Waals surface area (Å²) in [6.45, 7) is 0.976. The fraction of sp³-hybridized carbons (Fsp3) is 0.150. The quantitative estimate of drug-likeness (QED) is 0.579. The molecule has 0 aliphatic rings. The molecule has 0 atom stereocenters. The average molecular weight is 419 g/mol. The number of anilines is 2. The van der Waals surface area contributed by atoms with Gasteiger partial charge in [0.15, 0.2) is 11.6 Å². The molecule has 0 aliphatic heterocycles. The lowest BCUT2D eigenvalue weighted by Gasteiger charge is -2.11. The molecule has 3 rings (SSSR count). The lowest BCUT2D eigenvalue weighted by molar-refractivity contribution is 0.184. The van der Waals surface area contributed by atoms with Crippen molar-refractivity contribution in [2.75, 3.05) is 17.1 Å². The Morgan fingerprint density at radius 1 is 1.00 bits per heavy atom. The first-order chi connectivity index (χ1) is 13.9. The smallest absolute Gasteiger partial charge is 0.263 e. The second-order valence-electron chi connectivity index (χ2n) is 6.17. The maximum Gasteiger partial charge on any atom is 0.263 e. The zero-order valence-electron chi connectivity index (χ0n) is 15.5. The minimum absolute atomic E-state index is 0.0825. The number of methoxy groups -OCH3 is 1.